The van der Waals surface area contributed by atoms with Crippen LogP contribution in [0.4, 0.5) is 5.69 Å². The first-order chi connectivity index (χ1) is 10.0. The van der Waals surface area contributed by atoms with E-state index in [1.54, 1.807) is 16.9 Å². The van der Waals surface area contributed by atoms with Crippen LogP contribution in [0, 0.1) is 17.0 Å². The predicted molar refractivity (Wildman–Crippen MR) is 84.7 cm³/mol. The smallest absolute Gasteiger partial charge is 0.296 e. The van der Waals surface area contributed by atoms with Crippen molar-refractivity contribution < 1.29 is 4.92 Å². The second-order valence-electron chi connectivity index (χ2n) is 4.80. The quantitative estimate of drug-likeness (QED) is 0.491. The SMILES string of the molecule is CCCNCc1ccn(-c2c(Br)cc(C)cc2[N+](=O)[O-])n1. The Morgan fingerprint density at radius 1 is 1.48 bits per heavy atom. The van der Waals surface area contributed by atoms with Crippen LogP contribution in [0.3, 0.4) is 0 Å². The zero-order valence-electron chi connectivity index (χ0n) is 12.0. The zero-order chi connectivity index (χ0) is 15.4. The third kappa shape index (κ3) is 3.68. The highest BCUT2D eigenvalue weighted by Crippen LogP contribution is 2.31. The number of nitrogens with one attached hydrogen (secondary N) is 1. The van der Waals surface area contributed by atoms with Gasteiger partial charge in [-0.25, -0.2) is 4.68 Å². The lowest BCUT2D eigenvalue weighted by Crippen LogP contribution is -2.14. The van der Waals surface area contributed by atoms with Crippen molar-refractivity contribution in [3.05, 3.63) is 50.2 Å². The number of rotatable bonds is 6. The molecule has 2 aromatic rings. The van der Waals surface area contributed by atoms with Gasteiger partial charge in [-0.1, -0.05) is 6.92 Å². The van der Waals surface area contributed by atoms with E-state index in [1.165, 1.54) is 0 Å². The topological polar surface area (TPSA) is 73.0 Å². The Morgan fingerprint density at radius 3 is 2.90 bits per heavy atom. The molecule has 0 fully saturated rings. The fraction of sp³-hybridized carbons (Fsp3) is 0.357. The van der Waals surface area contributed by atoms with Crippen LogP contribution in [-0.2, 0) is 6.54 Å². The molecule has 1 heterocycles. The van der Waals surface area contributed by atoms with Gasteiger partial charge in [0.2, 0.25) is 0 Å². The lowest BCUT2D eigenvalue weighted by Gasteiger charge is -2.07. The molecule has 0 spiro atoms. The molecule has 0 aliphatic rings. The Balaban J connectivity index is 2.36. The third-order valence-corrected chi connectivity index (χ3v) is 3.60. The van der Waals surface area contributed by atoms with E-state index in [2.05, 4.69) is 33.3 Å². The fourth-order valence-corrected chi connectivity index (χ4v) is 2.80. The monoisotopic (exact) mass is 352 g/mol. The molecule has 0 radical (unpaired) electrons. The minimum atomic E-state index is -0.385. The predicted octanol–water partition coefficient (Wildman–Crippen LogP) is 3.35. The Labute approximate surface area is 131 Å². The first kappa shape index (κ1) is 15.7. The number of hydrogen-bond acceptors (Lipinski definition) is 4. The van der Waals surface area contributed by atoms with Gasteiger partial charge in [0, 0.05) is 18.8 Å². The fourth-order valence-electron chi connectivity index (χ4n) is 2.06. The average Bonchev–Trinajstić information content (AvgIpc) is 2.86. The summed E-state index contributed by atoms with van der Waals surface area (Å²) in [5.74, 6) is 0. The molecule has 0 saturated heterocycles. The van der Waals surface area contributed by atoms with Crippen molar-refractivity contribution in [1.82, 2.24) is 15.1 Å². The molecule has 1 N–H and O–H groups in total. The molecule has 0 aliphatic carbocycles. The maximum Gasteiger partial charge on any atom is 0.296 e. The number of hydrogen-bond donors (Lipinski definition) is 1. The van der Waals surface area contributed by atoms with Gasteiger partial charge >= 0.3 is 0 Å². The summed E-state index contributed by atoms with van der Waals surface area (Å²) >= 11 is 3.40. The Bertz CT molecular complexity index is 654. The Morgan fingerprint density at radius 2 is 2.24 bits per heavy atom. The summed E-state index contributed by atoms with van der Waals surface area (Å²) in [7, 11) is 0. The molecule has 0 unspecified atom stereocenters. The average molecular weight is 353 g/mol. The highest BCUT2D eigenvalue weighted by molar-refractivity contribution is 9.10. The summed E-state index contributed by atoms with van der Waals surface area (Å²) in [5, 5.41) is 18.9. The van der Waals surface area contributed by atoms with E-state index in [9.17, 15) is 10.1 Å². The summed E-state index contributed by atoms with van der Waals surface area (Å²) in [6.45, 7) is 5.49. The molecule has 1 aromatic heterocycles. The summed E-state index contributed by atoms with van der Waals surface area (Å²) in [6.07, 6.45) is 2.79. The number of aromatic nitrogens is 2. The van der Waals surface area contributed by atoms with Crippen LogP contribution < -0.4 is 5.32 Å². The minimum Gasteiger partial charge on any atom is -0.311 e. The number of nitro groups is 1. The maximum absolute atomic E-state index is 11.2. The lowest BCUT2D eigenvalue weighted by molar-refractivity contribution is -0.384. The van der Waals surface area contributed by atoms with E-state index in [4.69, 9.17) is 0 Å². The van der Waals surface area contributed by atoms with Gasteiger partial charge in [-0.15, -0.1) is 0 Å². The van der Waals surface area contributed by atoms with Gasteiger partial charge in [-0.05, 0) is 53.5 Å². The van der Waals surface area contributed by atoms with Crippen LogP contribution in [-0.4, -0.2) is 21.2 Å². The van der Waals surface area contributed by atoms with Crippen LogP contribution in [0.25, 0.3) is 5.69 Å². The standard InChI is InChI=1S/C14H17BrN4O2/c1-3-5-16-9-11-4-6-18(17-11)14-12(15)7-10(2)8-13(14)19(20)21/h4,6-8,16H,3,5,9H2,1-2H3. The van der Waals surface area contributed by atoms with E-state index in [-0.39, 0.29) is 10.6 Å². The van der Waals surface area contributed by atoms with Crippen molar-refractivity contribution in [3.63, 3.8) is 0 Å². The molecule has 0 atom stereocenters. The summed E-state index contributed by atoms with van der Waals surface area (Å²) in [6, 6.07) is 5.26. The molecular formula is C14H17BrN4O2. The molecule has 0 amide bonds. The van der Waals surface area contributed by atoms with Gasteiger partial charge in [0.05, 0.1) is 15.1 Å². The Kier molecular flexibility index (Phi) is 5.08. The van der Waals surface area contributed by atoms with Crippen molar-refractivity contribution in [2.24, 2.45) is 0 Å². The van der Waals surface area contributed by atoms with Crippen LogP contribution in [0.15, 0.2) is 28.9 Å². The molecule has 0 saturated carbocycles. The maximum atomic E-state index is 11.2. The third-order valence-electron chi connectivity index (χ3n) is 2.99. The van der Waals surface area contributed by atoms with Crippen molar-refractivity contribution >= 4 is 21.6 Å². The highest BCUT2D eigenvalue weighted by atomic mass is 79.9. The van der Waals surface area contributed by atoms with Crippen LogP contribution in [0.1, 0.15) is 24.6 Å². The molecule has 2 rings (SSSR count). The first-order valence-electron chi connectivity index (χ1n) is 6.73. The van der Waals surface area contributed by atoms with Gasteiger partial charge in [0.15, 0.2) is 5.69 Å². The molecule has 7 heteroatoms. The summed E-state index contributed by atoms with van der Waals surface area (Å²) < 4.78 is 2.20. The van der Waals surface area contributed by atoms with Gasteiger partial charge in [-0.3, -0.25) is 10.1 Å². The second kappa shape index (κ2) is 6.82. The van der Waals surface area contributed by atoms with Crippen molar-refractivity contribution in [1.29, 1.82) is 0 Å². The van der Waals surface area contributed by atoms with E-state index in [0.717, 1.165) is 24.2 Å². The van der Waals surface area contributed by atoms with Crippen LogP contribution >= 0.6 is 15.9 Å². The van der Waals surface area contributed by atoms with E-state index in [1.807, 2.05) is 19.1 Å². The Hall–Kier alpha value is -1.73. The van der Waals surface area contributed by atoms with Crippen molar-refractivity contribution in [2.75, 3.05) is 6.54 Å². The number of aryl methyl sites for hydroxylation is 1. The van der Waals surface area contributed by atoms with Gasteiger partial charge in [-0.2, -0.15) is 5.10 Å². The van der Waals surface area contributed by atoms with Crippen molar-refractivity contribution in [2.45, 2.75) is 26.8 Å². The van der Waals surface area contributed by atoms with Gasteiger partial charge in [0.25, 0.3) is 5.69 Å². The number of halogens is 1. The highest BCUT2D eigenvalue weighted by Gasteiger charge is 2.20. The molecule has 6 nitrogen and oxygen atoms in total. The van der Waals surface area contributed by atoms with Crippen LogP contribution in [0.5, 0.6) is 0 Å². The van der Waals surface area contributed by atoms with E-state index >= 15 is 0 Å². The van der Waals surface area contributed by atoms with E-state index in [0.29, 0.717) is 16.7 Å². The molecule has 1 aromatic carbocycles. The molecule has 0 bridgehead atoms. The zero-order valence-corrected chi connectivity index (χ0v) is 13.6. The summed E-state index contributed by atoms with van der Waals surface area (Å²) in [5.41, 5.74) is 2.17. The van der Waals surface area contributed by atoms with Crippen molar-refractivity contribution in [3.8, 4) is 5.69 Å². The second-order valence-corrected chi connectivity index (χ2v) is 5.65. The molecular weight excluding hydrogens is 336 g/mol. The minimum absolute atomic E-state index is 0.0399. The van der Waals surface area contributed by atoms with Crippen LogP contribution in [0.2, 0.25) is 0 Å². The molecule has 0 aliphatic heterocycles. The number of nitro benzene ring substituents is 1. The van der Waals surface area contributed by atoms with Gasteiger partial charge < -0.3 is 5.32 Å². The summed E-state index contributed by atoms with van der Waals surface area (Å²) in [4.78, 5) is 10.9. The molecule has 112 valence electrons. The lowest BCUT2D eigenvalue weighted by atomic mass is 10.2. The van der Waals surface area contributed by atoms with Gasteiger partial charge in [0.1, 0.15) is 0 Å². The first-order valence-corrected chi connectivity index (χ1v) is 7.52. The number of nitrogens with zero attached hydrogens (tertiary/aromatic N) is 3. The normalized spacial score (nSPS) is 10.8. The van der Waals surface area contributed by atoms with E-state index < -0.39 is 0 Å². The largest absolute Gasteiger partial charge is 0.311 e. The molecule has 21 heavy (non-hydrogen) atoms. The number of benzene rings is 1.